The second kappa shape index (κ2) is 5.43. The van der Waals surface area contributed by atoms with Crippen LogP contribution >= 0.6 is 0 Å². The highest BCUT2D eigenvalue weighted by Crippen LogP contribution is 2.28. The third-order valence-corrected chi connectivity index (χ3v) is 4.14. The first-order valence-electron chi connectivity index (χ1n) is 7.07. The number of hydrogen-bond acceptors (Lipinski definition) is 3. The van der Waals surface area contributed by atoms with Crippen molar-refractivity contribution in [1.29, 1.82) is 0 Å². The van der Waals surface area contributed by atoms with Gasteiger partial charge in [0.05, 0.1) is 13.2 Å². The molecule has 0 bridgehead atoms. The van der Waals surface area contributed by atoms with E-state index >= 15 is 0 Å². The van der Waals surface area contributed by atoms with E-state index < -0.39 is 0 Å². The molecule has 1 unspecified atom stereocenters. The van der Waals surface area contributed by atoms with Crippen LogP contribution in [-0.2, 0) is 17.7 Å². The standard InChI is InChI=1S/C14H23N3O/c15-14-3-1-2-12-10-17(11-13(12)14)5-4-16-6-8-18-9-7-16/h10-11,14H,1-9,15H2. The van der Waals surface area contributed by atoms with E-state index in [1.165, 1.54) is 24.0 Å². The van der Waals surface area contributed by atoms with Gasteiger partial charge in [0.25, 0.3) is 0 Å². The maximum atomic E-state index is 6.16. The normalized spacial score (nSPS) is 25.1. The van der Waals surface area contributed by atoms with Gasteiger partial charge >= 0.3 is 0 Å². The third kappa shape index (κ3) is 2.60. The van der Waals surface area contributed by atoms with E-state index in [1.807, 2.05) is 0 Å². The zero-order valence-electron chi connectivity index (χ0n) is 11.0. The topological polar surface area (TPSA) is 43.4 Å². The van der Waals surface area contributed by atoms with E-state index in [1.54, 1.807) is 0 Å². The quantitative estimate of drug-likeness (QED) is 0.874. The zero-order chi connectivity index (χ0) is 12.4. The van der Waals surface area contributed by atoms with Gasteiger partial charge in [-0.2, -0.15) is 0 Å². The van der Waals surface area contributed by atoms with Crippen molar-refractivity contribution in [3.63, 3.8) is 0 Å². The van der Waals surface area contributed by atoms with Gasteiger partial charge in [0, 0.05) is 44.6 Å². The molecule has 1 atom stereocenters. The number of rotatable bonds is 3. The van der Waals surface area contributed by atoms with Crippen molar-refractivity contribution < 1.29 is 4.74 Å². The van der Waals surface area contributed by atoms with Gasteiger partial charge in [0.2, 0.25) is 0 Å². The Balaban J connectivity index is 1.59. The summed E-state index contributed by atoms with van der Waals surface area (Å²) in [6, 6.07) is 0.262. The summed E-state index contributed by atoms with van der Waals surface area (Å²) in [5.74, 6) is 0. The number of hydrogen-bond donors (Lipinski definition) is 1. The van der Waals surface area contributed by atoms with Gasteiger partial charge in [-0.25, -0.2) is 0 Å². The number of nitrogens with two attached hydrogens (primary N) is 1. The van der Waals surface area contributed by atoms with Crippen molar-refractivity contribution in [2.24, 2.45) is 5.73 Å². The van der Waals surface area contributed by atoms with Gasteiger partial charge in [0.15, 0.2) is 0 Å². The molecule has 0 saturated carbocycles. The van der Waals surface area contributed by atoms with E-state index in [0.29, 0.717) is 0 Å². The van der Waals surface area contributed by atoms with Crippen LogP contribution in [-0.4, -0.2) is 42.3 Å². The molecule has 1 saturated heterocycles. The molecule has 100 valence electrons. The molecule has 1 fully saturated rings. The molecule has 0 aromatic carbocycles. The molecular formula is C14H23N3O. The van der Waals surface area contributed by atoms with Gasteiger partial charge in [-0.15, -0.1) is 0 Å². The monoisotopic (exact) mass is 249 g/mol. The van der Waals surface area contributed by atoms with Crippen molar-refractivity contribution in [1.82, 2.24) is 9.47 Å². The number of morpholine rings is 1. The summed E-state index contributed by atoms with van der Waals surface area (Å²) in [7, 11) is 0. The Morgan fingerprint density at radius 3 is 2.83 bits per heavy atom. The second-order valence-electron chi connectivity index (χ2n) is 5.43. The van der Waals surface area contributed by atoms with E-state index in [-0.39, 0.29) is 6.04 Å². The molecule has 1 aliphatic heterocycles. The van der Waals surface area contributed by atoms with Gasteiger partial charge < -0.3 is 15.0 Å². The second-order valence-corrected chi connectivity index (χ2v) is 5.43. The predicted octanol–water partition coefficient (Wildman–Crippen LogP) is 1.16. The Morgan fingerprint density at radius 2 is 2.06 bits per heavy atom. The fourth-order valence-electron chi connectivity index (χ4n) is 2.99. The minimum absolute atomic E-state index is 0.262. The Labute approximate surface area is 109 Å². The molecule has 0 amide bonds. The first-order chi connectivity index (χ1) is 8.83. The Morgan fingerprint density at radius 1 is 1.22 bits per heavy atom. The summed E-state index contributed by atoms with van der Waals surface area (Å²) < 4.78 is 7.69. The molecule has 0 spiro atoms. The summed E-state index contributed by atoms with van der Waals surface area (Å²) in [6.07, 6.45) is 8.14. The first kappa shape index (κ1) is 12.2. The fourth-order valence-corrected chi connectivity index (χ4v) is 2.99. The first-order valence-corrected chi connectivity index (χ1v) is 7.07. The SMILES string of the molecule is NC1CCCc2cn(CCN3CCOCC3)cc21. The maximum Gasteiger partial charge on any atom is 0.0594 e. The fraction of sp³-hybridized carbons (Fsp3) is 0.714. The molecule has 1 aromatic rings. The number of aryl methyl sites for hydroxylation is 1. The van der Waals surface area contributed by atoms with Crippen LogP contribution in [0.1, 0.15) is 30.0 Å². The van der Waals surface area contributed by atoms with E-state index in [9.17, 15) is 0 Å². The molecular weight excluding hydrogens is 226 g/mol. The highest BCUT2D eigenvalue weighted by Gasteiger charge is 2.19. The van der Waals surface area contributed by atoms with Crippen LogP contribution in [0.25, 0.3) is 0 Å². The van der Waals surface area contributed by atoms with Crippen LogP contribution < -0.4 is 5.73 Å². The predicted molar refractivity (Wildman–Crippen MR) is 71.6 cm³/mol. The third-order valence-electron chi connectivity index (χ3n) is 4.14. The molecule has 3 rings (SSSR count). The molecule has 1 aromatic heterocycles. The molecule has 4 heteroatoms. The van der Waals surface area contributed by atoms with Crippen LogP contribution in [0.2, 0.25) is 0 Å². The van der Waals surface area contributed by atoms with Gasteiger partial charge in [-0.1, -0.05) is 0 Å². The summed E-state index contributed by atoms with van der Waals surface area (Å²) in [4.78, 5) is 2.47. The lowest BCUT2D eigenvalue weighted by atomic mass is 9.92. The highest BCUT2D eigenvalue weighted by atomic mass is 16.5. The van der Waals surface area contributed by atoms with Crippen LogP contribution in [0.5, 0.6) is 0 Å². The number of ether oxygens (including phenoxy) is 1. The lowest BCUT2D eigenvalue weighted by molar-refractivity contribution is 0.0364. The van der Waals surface area contributed by atoms with E-state index in [0.717, 1.165) is 45.8 Å². The average Bonchev–Trinajstić information content (AvgIpc) is 2.82. The van der Waals surface area contributed by atoms with Crippen LogP contribution in [0.15, 0.2) is 12.4 Å². The molecule has 1 aliphatic carbocycles. The smallest absolute Gasteiger partial charge is 0.0594 e. The molecule has 18 heavy (non-hydrogen) atoms. The Bertz CT molecular complexity index is 396. The lowest BCUT2D eigenvalue weighted by Gasteiger charge is -2.26. The number of fused-ring (bicyclic) bond motifs is 1. The molecule has 2 heterocycles. The van der Waals surface area contributed by atoms with Crippen LogP contribution in [0, 0.1) is 0 Å². The Kier molecular flexibility index (Phi) is 3.68. The summed E-state index contributed by atoms with van der Waals surface area (Å²) in [5, 5.41) is 0. The number of aromatic nitrogens is 1. The summed E-state index contributed by atoms with van der Waals surface area (Å²) in [5.41, 5.74) is 9.00. The van der Waals surface area contributed by atoms with E-state index in [4.69, 9.17) is 10.5 Å². The largest absolute Gasteiger partial charge is 0.379 e. The van der Waals surface area contributed by atoms with Crippen LogP contribution in [0.4, 0.5) is 0 Å². The van der Waals surface area contributed by atoms with Crippen LogP contribution in [0.3, 0.4) is 0 Å². The summed E-state index contributed by atoms with van der Waals surface area (Å²) in [6.45, 7) is 6.09. The zero-order valence-corrected chi connectivity index (χ0v) is 11.0. The summed E-state index contributed by atoms with van der Waals surface area (Å²) >= 11 is 0. The van der Waals surface area contributed by atoms with Gasteiger partial charge in [-0.3, -0.25) is 4.90 Å². The van der Waals surface area contributed by atoms with Crippen molar-refractivity contribution >= 4 is 0 Å². The number of nitrogens with zero attached hydrogens (tertiary/aromatic N) is 2. The minimum atomic E-state index is 0.262. The van der Waals surface area contributed by atoms with Crippen molar-refractivity contribution in [2.75, 3.05) is 32.8 Å². The van der Waals surface area contributed by atoms with E-state index in [2.05, 4.69) is 21.9 Å². The van der Waals surface area contributed by atoms with Crippen molar-refractivity contribution in [3.8, 4) is 0 Å². The lowest BCUT2D eigenvalue weighted by Crippen LogP contribution is -2.38. The molecule has 2 aliphatic rings. The maximum absolute atomic E-state index is 6.16. The van der Waals surface area contributed by atoms with Gasteiger partial charge in [-0.05, 0) is 30.4 Å². The van der Waals surface area contributed by atoms with Crippen molar-refractivity contribution in [2.45, 2.75) is 31.8 Å². The molecule has 0 radical (unpaired) electrons. The van der Waals surface area contributed by atoms with Gasteiger partial charge in [0.1, 0.15) is 0 Å². The average molecular weight is 249 g/mol. The highest BCUT2D eigenvalue weighted by molar-refractivity contribution is 5.29. The Hall–Kier alpha value is -0.840. The van der Waals surface area contributed by atoms with Crippen molar-refractivity contribution in [3.05, 3.63) is 23.5 Å². The molecule has 2 N–H and O–H groups in total. The minimum Gasteiger partial charge on any atom is -0.379 e. The molecule has 4 nitrogen and oxygen atoms in total.